The maximum atomic E-state index is 4.12. The van der Waals surface area contributed by atoms with E-state index in [2.05, 4.69) is 55.7 Å². The Morgan fingerprint density at radius 1 is 1.20 bits per heavy atom. The van der Waals surface area contributed by atoms with Crippen molar-refractivity contribution >= 4 is 12.6 Å². The van der Waals surface area contributed by atoms with Crippen molar-refractivity contribution in [3.8, 4) is 11.8 Å². The van der Waals surface area contributed by atoms with E-state index in [4.69, 9.17) is 0 Å². The summed E-state index contributed by atoms with van der Waals surface area (Å²) in [4.78, 5) is 0. The van der Waals surface area contributed by atoms with Crippen molar-refractivity contribution in [3.63, 3.8) is 0 Å². The molecule has 0 saturated heterocycles. The second-order valence-electron chi connectivity index (χ2n) is 3.58. The van der Waals surface area contributed by atoms with Crippen LogP contribution in [0.15, 0.2) is 24.3 Å². The topological polar surface area (TPSA) is 0 Å². The van der Waals surface area contributed by atoms with Crippen LogP contribution >= 0.6 is 12.6 Å². The summed E-state index contributed by atoms with van der Waals surface area (Å²) < 4.78 is 0. The molecule has 0 unspecified atom stereocenters. The zero-order valence-corrected chi connectivity index (χ0v) is 10.2. The van der Waals surface area contributed by atoms with Gasteiger partial charge in [0.25, 0.3) is 0 Å². The summed E-state index contributed by atoms with van der Waals surface area (Å²) in [5.41, 5.74) is 2.52. The minimum absolute atomic E-state index is 0.835. The minimum atomic E-state index is 0.835. The summed E-state index contributed by atoms with van der Waals surface area (Å²) >= 11 is 4.12. The van der Waals surface area contributed by atoms with Crippen LogP contribution in [0.4, 0.5) is 0 Å². The van der Waals surface area contributed by atoms with Crippen LogP contribution < -0.4 is 0 Å². The number of hydrogen-bond donors (Lipinski definition) is 1. The normalized spacial score (nSPS) is 9.47. The van der Waals surface area contributed by atoms with E-state index in [-0.39, 0.29) is 0 Å². The van der Waals surface area contributed by atoms with E-state index in [1.807, 2.05) is 0 Å². The van der Waals surface area contributed by atoms with E-state index in [0.29, 0.717) is 0 Å². The van der Waals surface area contributed by atoms with Gasteiger partial charge in [0, 0.05) is 17.7 Å². The number of aryl methyl sites for hydroxylation is 1. The third-order valence-corrected chi connectivity index (χ3v) is 2.47. The second kappa shape index (κ2) is 7.43. The fourth-order valence-corrected chi connectivity index (χ4v) is 1.47. The lowest BCUT2D eigenvalue weighted by atomic mass is 10.1. The van der Waals surface area contributed by atoms with Crippen molar-refractivity contribution in [1.82, 2.24) is 0 Å². The molecule has 0 aliphatic rings. The molecule has 0 radical (unpaired) electrons. The lowest BCUT2D eigenvalue weighted by Gasteiger charge is -1.99. The van der Waals surface area contributed by atoms with Crippen molar-refractivity contribution < 1.29 is 0 Å². The highest BCUT2D eigenvalue weighted by atomic mass is 32.1. The fourth-order valence-electron chi connectivity index (χ4n) is 1.36. The van der Waals surface area contributed by atoms with Crippen LogP contribution in [-0.2, 0) is 6.42 Å². The molecule has 1 aromatic carbocycles. The van der Waals surface area contributed by atoms with Gasteiger partial charge in [-0.15, -0.1) is 0 Å². The molecule has 1 heteroatoms. The first-order valence-corrected chi connectivity index (χ1v) is 6.18. The Labute approximate surface area is 98.5 Å². The number of thiol groups is 1. The summed E-state index contributed by atoms with van der Waals surface area (Å²) in [6.07, 6.45) is 4.57. The Morgan fingerprint density at radius 2 is 1.93 bits per heavy atom. The van der Waals surface area contributed by atoms with Crippen LogP contribution in [0, 0.1) is 11.8 Å². The monoisotopic (exact) mass is 218 g/mol. The summed E-state index contributed by atoms with van der Waals surface area (Å²) in [6.45, 7) is 2.22. The van der Waals surface area contributed by atoms with Crippen molar-refractivity contribution in [2.24, 2.45) is 0 Å². The van der Waals surface area contributed by atoms with Gasteiger partial charge in [0.1, 0.15) is 0 Å². The van der Waals surface area contributed by atoms with Gasteiger partial charge < -0.3 is 0 Å². The summed E-state index contributed by atoms with van der Waals surface area (Å²) in [7, 11) is 0. The van der Waals surface area contributed by atoms with Crippen LogP contribution in [0.1, 0.15) is 37.3 Å². The van der Waals surface area contributed by atoms with Crippen LogP contribution in [0.25, 0.3) is 0 Å². The molecule has 0 nitrogen and oxygen atoms in total. The minimum Gasteiger partial charge on any atom is -0.178 e. The quantitative estimate of drug-likeness (QED) is 0.578. The van der Waals surface area contributed by atoms with E-state index in [9.17, 15) is 0 Å². The molecule has 0 fully saturated rings. The fraction of sp³-hybridized carbons (Fsp3) is 0.429. The van der Waals surface area contributed by atoms with Crippen molar-refractivity contribution in [1.29, 1.82) is 0 Å². The first-order valence-electron chi connectivity index (χ1n) is 5.55. The van der Waals surface area contributed by atoms with Gasteiger partial charge in [-0.25, -0.2) is 0 Å². The van der Waals surface area contributed by atoms with Crippen molar-refractivity contribution in [3.05, 3.63) is 35.4 Å². The third-order valence-electron chi connectivity index (χ3n) is 2.24. The summed E-state index contributed by atoms with van der Waals surface area (Å²) in [5, 5.41) is 0. The van der Waals surface area contributed by atoms with Gasteiger partial charge in [-0.3, -0.25) is 0 Å². The lowest BCUT2D eigenvalue weighted by Crippen LogP contribution is -1.84. The predicted octanol–water partition coefficient (Wildman–Crippen LogP) is 3.70. The van der Waals surface area contributed by atoms with E-state index in [1.54, 1.807) is 0 Å². The standard InChI is InChI=1S/C14H18S/c1-2-3-6-13-8-10-14(11-9-13)7-4-5-12-15/h8-11,15H,2-3,5-6,12H2,1H3. The first kappa shape index (κ1) is 12.2. The third kappa shape index (κ3) is 4.95. The molecular formula is C14H18S. The molecule has 0 N–H and O–H groups in total. The first-order chi connectivity index (χ1) is 7.36. The van der Waals surface area contributed by atoms with E-state index in [1.165, 1.54) is 24.8 Å². The average Bonchev–Trinajstić information content (AvgIpc) is 2.28. The predicted molar refractivity (Wildman–Crippen MR) is 70.4 cm³/mol. The smallest absolute Gasteiger partial charge is 0.0245 e. The molecule has 0 spiro atoms. The van der Waals surface area contributed by atoms with E-state index in [0.717, 1.165) is 17.7 Å². The Morgan fingerprint density at radius 3 is 2.53 bits per heavy atom. The number of unbranched alkanes of at least 4 members (excludes halogenated alkanes) is 1. The SMILES string of the molecule is CCCCc1ccc(C#CCCS)cc1. The molecule has 0 bridgehead atoms. The van der Waals surface area contributed by atoms with Gasteiger partial charge in [0.2, 0.25) is 0 Å². The van der Waals surface area contributed by atoms with Gasteiger partial charge in [-0.05, 0) is 30.5 Å². The molecule has 0 aliphatic heterocycles. The molecule has 0 aromatic heterocycles. The lowest BCUT2D eigenvalue weighted by molar-refractivity contribution is 0.795. The largest absolute Gasteiger partial charge is 0.178 e. The van der Waals surface area contributed by atoms with Crippen LogP contribution in [-0.4, -0.2) is 5.75 Å². The zero-order chi connectivity index (χ0) is 10.9. The maximum Gasteiger partial charge on any atom is 0.0245 e. The van der Waals surface area contributed by atoms with Gasteiger partial charge >= 0.3 is 0 Å². The number of rotatable bonds is 4. The summed E-state index contributed by atoms with van der Waals surface area (Å²) in [5.74, 6) is 7.05. The second-order valence-corrected chi connectivity index (χ2v) is 4.02. The molecule has 0 amide bonds. The van der Waals surface area contributed by atoms with E-state index < -0.39 is 0 Å². The van der Waals surface area contributed by atoms with Crippen molar-refractivity contribution in [2.45, 2.75) is 32.6 Å². The molecule has 0 aliphatic carbocycles. The average molecular weight is 218 g/mol. The molecule has 0 atom stereocenters. The summed E-state index contributed by atoms with van der Waals surface area (Å²) in [6, 6.07) is 8.58. The van der Waals surface area contributed by atoms with Gasteiger partial charge in [0.15, 0.2) is 0 Å². The highest BCUT2D eigenvalue weighted by Gasteiger charge is 1.91. The Bertz CT molecular complexity index is 327. The molecule has 1 rings (SSSR count). The number of benzene rings is 1. The Balaban J connectivity index is 2.53. The van der Waals surface area contributed by atoms with Crippen LogP contribution in [0.2, 0.25) is 0 Å². The molecular weight excluding hydrogens is 200 g/mol. The number of hydrogen-bond acceptors (Lipinski definition) is 1. The maximum absolute atomic E-state index is 4.12. The van der Waals surface area contributed by atoms with Gasteiger partial charge in [-0.2, -0.15) is 12.6 Å². The molecule has 1 aromatic rings. The highest BCUT2D eigenvalue weighted by molar-refractivity contribution is 7.80. The Hall–Kier alpha value is -0.870. The highest BCUT2D eigenvalue weighted by Crippen LogP contribution is 2.07. The molecule has 15 heavy (non-hydrogen) atoms. The van der Waals surface area contributed by atoms with Crippen molar-refractivity contribution in [2.75, 3.05) is 5.75 Å². The van der Waals surface area contributed by atoms with Crippen LogP contribution in [0.3, 0.4) is 0 Å². The van der Waals surface area contributed by atoms with Gasteiger partial charge in [0.05, 0.1) is 0 Å². The molecule has 0 saturated carbocycles. The Kier molecular flexibility index (Phi) is 6.04. The molecule has 80 valence electrons. The zero-order valence-electron chi connectivity index (χ0n) is 9.29. The van der Waals surface area contributed by atoms with E-state index >= 15 is 0 Å². The van der Waals surface area contributed by atoms with Gasteiger partial charge in [-0.1, -0.05) is 37.3 Å². The molecule has 0 heterocycles. The van der Waals surface area contributed by atoms with Crippen LogP contribution in [0.5, 0.6) is 0 Å².